The van der Waals surface area contributed by atoms with E-state index in [-0.39, 0.29) is 29.6 Å². The molecule has 1 unspecified atom stereocenters. The molecule has 0 radical (unpaired) electrons. The van der Waals surface area contributed by atoms with Crippen molar-refractivity contribution in [3.63, 3.8) is 0 Å². The molecule has 0 aliphatic carbocycles. The summed E-state index contributed by atoms with van der Waals surface area (Å²) in [5.41, 5.74) is 1.85. The van der Waals surface area contributed by atoms with Crippen molar-refractivity contribution in [3.8, 4) is 0 Å². The van der Waals surface area contributed by atoms with Gasteiger partial charge in [0.1, 0.15) is 10.7 Å². The van der Waals surface area contributed by atoms with Crippen molar-refractivity contribution in [2.24, 2.45) is 5.92 Å². The quantitative estimate of drug-likeness (QED) is 0.258. The monoisotopic (exact) mass is 632 g/mol. The van der Waals surface area contributed by atoms with Crippen LogP contribution in [0.2, 0.25) is 10.0 Å². The van der Waals surface area contributed by atoms with Gasteiger partial charge in [-0.15, -0.1) is 0 Å². The van der Waals surface area contributed by atoms with E-state index in [4.69, 9.17) is 37.4 Å². The van der Waals surface area contributed by atoms with Crippen molar-refractivity contribution in [2.75, 3.05) is 37.8 Å². The zero-order valence-electron chi connectivity index (χ0n) is 22.7. The zero-order chi connectivity index (χ0) is 29.0. The summed E-state index contributed by atoms with van der Waals surface area (Å²) in [5.74, 6) is -0.0698. The fourth-order valence-electron chi connectivity index (χ4n) is 4.76. The number of hydrogen-bond donors (Lipinski definition) is 1. The highest BCUT2D eigenvalue weighted by Crippen LogP contribution is 2.46. The van der Waals surface area contributed by atoms with Crippen LogP contribution in [0.5, 0.6) is 0 Å². The molecular weight excluding hydrogens is 603 g/mol. The summed E-state index contributed by atoms with van der Waals surface area (Å²) in [6.45, 7) is 7.07. The highest BCUT2D eigenvalue weighted by molar-refractivity contribution is 8.04. The van der Waals surface area contributed by atoms with Gasteiger partial charge in [0.05, 0.1) is 30.4 Å². The molecule has 1 aromatic heterocycles. The van der Waals surface area contributed by atoms with Crippen LogP contribution >= 0.6 is 46.3 Å². The smallest absolute Gasteiger partial charge is 0.434 e. The molecule has 7 nitrogen and oxygen atoms in total. The van der Waals surface area contributed by atoms with E-state index in [1.807, 2.05) is 42.8 Å². The maximum atomic E-state index is 13.9. The van der Waals surface area contributed by atoms with E-state index in [0.29, 0.717) is 28.2 Å². The first-order valence-corrected chi connectivity index (χ1v) is 15.8. The largest absolute Gasteiger partial charge is 0.513 e. The number of hydrogen-bond acceptors (Lipinski definition) is 8. The van der Waals surface area contributed by atoms with Crippen LogP contribution in [0.25, 0.3) is 0 Å². The maximum absolute atomic E-state index is 13.9. The van der Waals surface area contributed by atoms with Gasteiger partial charge >= 0.3 is 6.16 Å². The number of anilines is 1. The third-order valence-corrected chi connectivity index (χ3v) is 9.34. The molecule has 5 rings (SSSR count). The number of carbonyl (C=O) groups excluding carboxylic acids is 2. The summed E-state index contributed by atoms with van der Waals surface area (Å²) in [6.07, 6.45) is -0.676. The lowest BCUT2D eigenvalue weighted by Gasteiger charge is -2.39. The number of carbonyl (C=O) groups is 2. The molecule has 1 amide bonds. The fraction of sp³-hybridized carbons (Fsp3) is 0.333. The number of morpholine rings is 1. The molecule has 1 fully saturated rings. The standard InChI is InChI=1S/C30H30Cl2N2O5S2/c1-19(2)17-38-29(36)39-25-16-30(21-9-14-40-18-21,20-3-6-23(7-4-20)34-10-12-37-13-11-34)33-28(35)27(25)41-26-15-22(31)5-8-24(26)32/h3-9,14-15,18-19H,10-13,16-17H2,1-2H3,(H,33,35). The van der Waals surface area contributed by atoms with Crippen molar-refractivity contribution in [1.82, 2.24) is 5.32 Å². The number of benzene rings is 2. The summed E-state index contributed by atoms with van der Waals surface area (Å²) in [4.78, 5) is 29.8. The molecule has 0 bridgehead atoms. The van der Waals surface area contributed by atoms with Gasteiger partial charge in [-0.1, -0.05) is 60.9 Å². The van der Waals surface area contributed by atoms with Crippen molar-refractivity contribution in [3.05, 3.63) is 91.1 Å². The van der Waals surface area contributed by atoms with E-state index in [0.717, 1.165) is 41.7 Å². The molecule has 2 aliphatic rings. The molecule has 1 N–H and O–H groups in total. The van der Waals surface area contributed by atoms with Gasteiger partial charge in [-0.2, -0.15) is 11.3 Å². The Morgan fingerprint density at radius 2 is 1.88 bits per heavy atom. The van der Waals surface area contributed by atoms with Gasteiger partial charge in [0.2, 0.25) is 0 Å². The minimum atomic E-state index is -0.976. The minimum absolute atomic E-state index is 0.125. The number of thiophene rings is 1. The van der Waals surface area contributed by atoms with Gasteiger partial charge in [-0.25, -0.2) is 4.79 Å². The molecular formula is C30H30Cl2N2O5S2. The second-order valence-electron chi connectivity index (χ2n) is 10.2. The zero-order valence-corrected chi connectivity index (χ0v) is 25.8. The predicted molar refractivity (Wildman–Crippen MR) is 164 cm³/mol. The first-order valence-electron chi connectivity index (χ1n) is 13.2. The van der Waals surface area contributed by atoms with Gasteiger partial charge in [0, 0.05) is 35.1 Å². The third kappa shape index (κ3) is 6.87. The summed E-state index contributed by atoms with van der Waals surface area (Å²) < 4.78 is 16.6. The second kappa shape index (κ2) is 13.1. The van der Waals surface area contributed by atoms with E-state index in [2.05, 4.69) is 22.3 Å². The number of thioether (sulfide) groups is 1. The average Bonchev–Trinajstić information content (AvgIpc) is 3.52. The number of ether oxygens (including phenoxy) is 3. The van der Waals surface area contributed by atoms with Gasteiger partial charge in [0.15, 0.2) is 0 Å². The summed E-state index contributed by atoms with van der Waals surface area (Å²) in [6, 6.07) is 15.1. The number of amides is 1. The molecule has 2 aliphatic heterocycles. The third-order valence-electron chi connectivity index (χ3n) is 6.81. The normalized spacial score (nSPS) is 19.3. The predicted octanol–water partition coefficient (Wildman–Crippen LogP) is 7.47. The number of nitrogens with one attached hydrogen (secondary N) is 1. The van der Waals surface area contributed by atoms with Crippen molar-refractivity contribution in [2.45, 2.75) is 30.7 Å². The molecule has 11 heteroatoms. The lowest BCUT2D eigenvalue weighted by molar-refractivity contribution is -0.119. The number of nitrogens with zero attached hydrogens (tertiary/aromatic N) is 1. The molecule has 0 spiro atoms. The average molecular weight is 634 g/mol. The van der Waals surface area contributed by atoms with Crippen LogP contribution in [0.4, 0.5) is 10.5 Å². The number of halogens is 2. The van der Waals surface area contributed by atoms with Crippen molar-refractivity contribution >= 4 is 64.1 Å². The van der Waals surface area contributed by atoms with E-state index in [1.54, 1.807) is 18.2 Å². The van der Waals surface area contributed by atoms with Gasteiger partial charge < -0.3 is 24.4 Å². The van der Waals surface area contributed by atoms with Gasteiger partial charge in [-0.3, -0.25) is 4.79 Å². The first-order chi connectivity index (χ1) is 19.7. The molecule has 1 saturated heterocycles. The first kappa shape index (κ1) is 29.8. The summed E-state index contributed by atoms with van der Waals surface area (Å²) >= 11 is 15.3. The van der Waals surface area contributed by atoms with E-state index in [9.17, 15) is 9.59 Å². The Morgan fingerprint density at radius 1 is 1.12 bits per heavy atom. The van der Waals surface area contributed by atoms with Crippen LogP contribution in [0.15, 0.2) is 74.9 Å². The highest BCUT2D eigenvalue weighted by Gasteiger charge is 2.44. The molecule has 3 heterocycles. The lowest BCUT2D eigenvalue weighted by Crippen LogP contribution is -2.50. The van der Waals surface area contributed by atoms with E-state index >= 15 is 0 Å². The van der Waals surface area contributed by atoms with E-state index < -0.39 is 17.6 Å². The molecule has 41 heavy (non-hydrogen) atoms. The molecule has 216 valence electrons. The second-order valence-corrected chi connectivity index (χ2v) is 12.9. The molecule has 0 saturated carbocycles. The van der Waals surface area contributed by atoms with Gasteiger partial charge in [0.25, 0.3) is 5.91 Å². The Kier molecular flexibility index (Phi) is 9.51. The van der Waals surface area contributed by atoms with Crippen LogP contribution in [-0.2, 0) is 24.5 Å². The van der Waals surface area contributed by atoms with Crippen LogP contribution in [0.1, 0.15) is 31.4 Å². The van der Waals surface area contributed by atoms with E-state index in [1.165, 1.54) is 11.3 Å². The number of rotatable bonds is 8. The van der Waals surface area contributed by atoms with Crippen molar-refractivity contribution in [1.29, 1.82) is 0 Å². The maximum Gasteiger partial charge on any atom is 0.513 e. The van der Waals surface area contributed by atoms with Crippen LogP contribution < -0.4 is 10.2 Å². The van der Waals surface area contributed by atoms with Crippen LogP contribution in [0.3, 0.4) is 0 Å². The topological polar surface area (TPSA) is 77.1 Å². The summed E-state index contributed by atoms with van der Waals surface area (Å²) in [5, 5.41) is 8.11. The van der Waals surface area contributed by atoms with Gasteiger partial charge in [-0.05, 0) is 64.2 Å². The Balaban J connectivity index is 1.55. The summed E-state index contributed by atoms with van der Waals surface area (Å²) in [7, 11) is 0. The van der Waals surface area contributed by atoms with Crippen LogP contribution in [0, 0.1) is 5.92 Å². The molecule has 3 aromatic rings. The highest BCUT2D eigenvalue weighted by atomic mass is 35.5. The fourth-order valence-corrected chi connectivity index (χ4v) is 6.90. The Bertz CT molecular complexity index is 1420. The SMILES string of the molecule is CC(C)COC(=O)OC1=C(Sc2cc(Cl)ccc2Cl)C(=O)NC(c2ccc(N3CCOCC3)cc2)(c2ccsc2)C1. The Hall–Kier alpha value is -2.69. The van der Waals surface area contributed by atoms with Crippen LogP contribution in [-0.4, -0.2) is 45.0 Å². The lowest BCUT2D eigenvalue weighted by atomic mass is 9.79. The minimum Gasteiger partial charge on any atom is -0.434 e. The Labute approximate surface area is 257 Å². The molecule has 2 aromatic carbocycles. The Morgan fingerprint density at radius 3 is 2.56 bits per heavy atom. The molecule has 1 atom stereocenters. The van der Waals surface area contributed by atoms with Crippen molar-refractivity contribution < 1.29 is 23.8 Å².